The third-order valence-electron chi connectivity index (χ3n) is 3.89. The Labute approximate surface area is 144 Å². The van der Waals surface area contributed by atoms with Crippen LogP contribution in [0.5, 0.6) is 5.75 Å². The molecule has 0 bridgehead atoms. The topological polar surface area (TPSA) is 63.4 Å². The molecule has 0 aliphatic carbocycles. The molecule has 6 heteroatoms. The van der Waals surface area contributed by atoms with Gasteiger partial charge in [-0.25, -0.2) is 0 Å². The highest BCUT2D eigenvalue weighted by atomic mass is 32.1. The van der Waals surface area contributed by atoms with E-state index in [1.54, 1.807) is 25.6 Å². The van der Waals surface area contributed by atoms with Gasteiger partial charge in [-0.05, 0) is 37.3 Å². The molecule has 0 aliphatic heterocycles. The molecule has 0 aliphatic rings. The van der Waals surface area contributed by atoms with E-state index in [1.165, 1.54) is 4.88 Å². The normalized spacial score (nSPS) is 12.3. The van der Waals surface area contributed by atoms with Crippen LogP contribution < -0.4 is 10.1 Å². The fraction of sp³-hybridized carbons (Fsp3) is 0.278. The smallest absolute Gasteiger partial charge is 0.267 e. The number of hydrogen-bond acceptors (Lipinski definition) is 4. The van der Waals surface area contributed by atoms with Gasteiger partial charge in [-0.1, -0.05) is 0 Å². The second kappa shape index (κ2) is 7.07. The second-order valence-electron chi connectivity index (χ2n) is 5.52. The van der Waals surface area contributed by atoms with Crippen molar-refractivity contribution in [2.45, 2.75) is 13.0 Å². The number of ether oxygens (including phenoxy) is 2. The van der Waals surface area contributed by atoms with Gasteiger partial charge in [-0.3, -0.25) is 4.79 Å². The second-order valence-corrected chi connectivity index (χ2v) is 6.84. The standard InChI is InChI=1S/C18H20N2O3S/c1-11-4-7-17(24-11)16(23-3)10-19-18(21)15-8-12-5-6-13(22-2)9-14(12)20-15/h4-9,16,20H,10H2,1-3H3,(H,19,21). The Morgan fingerprint density at radius 3 is 2.75 bits per heavy atom. The van der Waals surface area contributed by atoms with Crippen LogP contribution >= 0.6 is 11.3 Å². The Hall–Kier alpha value is -2.31. The largest absolute Gasteiger partial charge is 0.497 e. The van der Waals surface area contributed by atoms with E-state index >= 15 is 0 Å². The van der Waals surface area contributed by atoms with Gasteiger partial charge in [0.15, 0.2) is 0 Å². The summed E-state index contributed by atoms with van der Waals surface area (Å²) < 4.78 is 10.7. The van der Waals surface area contributed by atoms with Crippen molar-refractivity contribution in [3.05, 3.63) is 51.8 Å². The number of carbonyl (C=O) groups excluding carboxylic acids is 1. The maximum absolute atomic E-state index is 12.4. The fourth-order valence-electron chi connectivity index (χ4n) is 2.56. The van der Waals surface area contributed by atoms with E-state index in [0.717, 1.165) is 21.5 Å². The van der Waals surface area contributed by atoms with Gasteiger partial charge in [-0.15, -0.1) is 11.3 Å². The predicted octanol–water partition coefficient (Wildman–Crippen LogP) is 3.66. The van der Waals surface area contributed by atoms with E-state index in [1.807, 2.05) is 30.3 Å². The van der Waals surface area contributed by atoms with Crippen LogP contribution in [0.2, 0.25) is 0 Å². The molecular formula is C18H20N2O3S. The highest BCUT2D eigenvalue weighted by Crippen LogP contribution is 2.25. The van der Waals surface area contributed by atoms with Gasteiger partial charge in [-0.2, -0.15) is 0 Å². The van der Waals surface area contributed by atoms with Crippen molar-refractivity contribution >= 4 is 28.1 Å². The first kappa shape index (κ1) is 16.5. The van der Waals surface area contributed by atoms with Crippen molar-refractivity contribution in [2.24, 2.45) is 0 Å². The van der Waals surface area contributed by atoms with E-state index < -0.39 is 0 Å². The average Bonchev–Trinajstić information content (AvgIpc) is 3.20. The molecule has 0 fully saturated rings. The van der Waals surface area contributed by atoms with Crippen molar-refractivity contribution in [3.63, 3.8) is 0 Å². The van der Waals surface area contributed by atoms with Crippen LogP contribution in [0.25, 0.3) is 10.9 Å². The molecule has 0 saturated heterocycles. The maximum Gasteiger partial charge on any atom is 0.267 e. The lowest BCUT2D eigenvalue weighted by molar-refractivity contribution is 0.0834. The lowest BCUT2D eigenvalue weighted by atomic mass is 10.2. The fourth-order valence-corrected chi connectivity index (χ4v) is 3.52. The Bertz CT molecular complexity index is 853. The van der Waals surface area contributed by atoms with Gasteiger partial charge in [0.05, 0.1) is 7.11 Å². The minimum Gasteiger partial charge on any atom is -0.497 e. The number of nitrogens with one attached hydrogen (secondary N) is 2. The summed E-state index contributed by atoms with van der Waals surface area (Å²) in [6, 6.07) is 11.6. The zero-order valence-electron chi connectivity index (χ0n) is 13.9. The minimum absolute atomic E-state index is 0.142. The molecule has 24 heavy (non-hydrogen) atoms. The van der Waals surface area contributed by atoms with Crippen molar-refractivity contribution in [3.8, 4) is 5.75 Å². The number of amides is 1. The third-order valence-corrected chi connectivity index (χ3v) is 4.98. The lowest BCUT2D eigenvalue weighted by Crippen LogP contribution is -2.29. The molecule has 2 aromatic heterocycles. The van der Waals surface area contributed by atoms with Crippen LogP contribution in [0, 0.1) is 6.92 Å². The average molecular weight is 344 g/mol. The molecule has 1 amide bonds. The summed E-state index contributed by atoms with van der Waals surface area (Å²) >= 11 is 1.68. The summed E-state index contributed by atoms with van der Waals surface area (Å²) in [6.45, 7) is 2.48. The summed E-state index contributed by atoms with van der Waals surface area (Å²) in [6.07, 6.45) is -0.142. The van der Waals surface area contributed by atoms with Crippen molar-refractivity contribution in [1.29, 1.82) is 0 Å². The van der Waals surface area contributed by atoms with E-state index in [0.29, 0.717) is 12.2 Å². The number of aromatic amines is 1. The van der Waals surface area contributed by atoms with E-state index in [-0.39, 0.29) is 12.0 Å². The maximum atomic E-state index is 12.4. The number of carbonyl (C=O) groups is 1. The molecule has 1 atom stereocenters. The van der Waals surface area contributed by atoms with Gasteiger partial charge < -0.3 is 19.8 Å². The number of methoxy groups -OCH3 is 2. The summed E-state index contributed by atoms with van der Waals surface area (Å²) in [5.74, 6) is 0.601. The number of aryl methyl sites for hydroxylation is 1. The van der Waals surface area contributed by atoms with Crippen LogP contribution in [0.15, 0.2) is 36.4 Å². The van der Waals surface area contributed by atoms with Gasteiger partial charge in [0.1, 0.15) is 17.5 Å². The summed E-state index contributed by atoms with van der Waals surface area (Å²) in [5.41, 5.74) is 1.40. The number of fused-ring (bicyclic) bond motifs is 1. The molecule has 3 rings (SSSR count). The predicted molar refractivity (Wildman–Crippen MR) is 96.0 cm³/mol. The molecule has 1 unspecified atom stereocenters. The molecule has 0 radical (unpaired) electrons. The number of thiophene rings is 1. The van der Waals surface area contributed by atoms with Crippen LogP contribution in [-0.4, -0.2) is 31.7 Å². The Morgan fingerprint density at radius 2 is 2.08 bits per heavy atom. The molecule has 5 nitrogen and oxygen atoms in total. The number of rotatable bonds is 6. The summed E-state index contributed by atoms with van der Waals surface area (Å²) in [7, 11) is 3.27. The van der Waals surface area contributed by atoms with Crippen LogP contribution in [0.3, 0.4) is 0 Å². The lowest BCUT2D eigenvalue weighted by Gasteiger charge is -2.14. The molecule has 2 heterocycles. The molecule has 2 N–H and O–H groups in total. The Morgan fingerprint density at radius 1 is 1.25 bits per heavy atom. The Kier molecular flexibility index (Phi) is 4.87. The first-order valence-electron chi connectivity index (χ1n) is 7.65. The molecule has 0 spiro atoms. The van der Waals surface area contributed by atoms with Crippen molar-refractivity contribution in [2.75, 3.05) is 20.8 Å². The number of benzene rings is 1. The molecule has 1 aromatic carbocycles. The van der Waals surface area contributed by atoms with E-state index in [9.17, 15) is 4.79 Å². The van der Waals surface area contributed by atoms with Gasteiger partial charge in [0.25, 0.3) is 5.91 Å². The molecule has 126 valence electrons. The molecule has 3 aromatic rings. The van der Waals surface area contributed by atoms with Gasteiger partial charge in [0.2, 0.25) is 0 Å². The minimum atomic E-state index is -0.152. The number of hydrogen-bond donors (Lipinski definition) is 2. The van der Waals surface area contributed by atoms with Crippen LogP contribution in [0.4, 0.5) is 0 Å². The first-order valence-corrected chi connectivity index (χ1v) is 8.46. The van der Waals surface area contributed by atoms with Crippen molar-refractivity contribution < 1.29 is 14.3 Å². The summed E-state index contributed by atoms with van der Waals surface area (Å²) in [4.78, 5) is 17.9. The first-order chi connectivity index (χ1) is 11.6. The van der Waals surface area contributed by atoms with Crippen molar-refractivity contribution in [1.82, 2.24) is 10.3 Å². The van der Waals surface area contributed by atoms with E-state index in [2.05, 4.69) is 23.3 Å². The molecule has 0 saturated carbocycles. The highest BCUT2D eigenvalue weighted by molar-refractivity contribution is 7.12. The Balaban J connectivity index is 1.70. The third kappa shape index (κ3) is 3.44. The number of H-pyrrole nitrogens is 1. The molecular weight excluding hydrogens is 324 g/mol. The zero-order valence-corrected chi connectivity index (χ0v) is 14.7. The number of aromatic nitrogens is 1. The van der Waals surface area contributed by atoms with Crippen LogP contribution in [0.1, 0.15) is 26.3 Å². The van der Waals surface area contributed by atoms with E-state index in [4.69, 9.17) is 9.47 Å². The summed E-state index contributed by atoms with van der Waals surface area (Å²) in [5, 5.41) is 3.90. The van der Waals surface area contributed by atoms with Gasteiger partial charge >= 0.3 is 0 Å². The quantitative estimate of drug-likeness (QED) is 0.717. The zero-order chi connectivity index (χ0) is 17.1. The van der Waals surface area contributed by atoms with Gasteiger partial charge in [0, 0.05) is 40.4 Å². The SMILES string of the molecule is COc1ccc2cc(C(=O)NCC(OC)c3ccc(C)s3)[nH]c2c1. The van der Waals surface area contributed by atoms with Crippen LogP contribution in [-0.2, 0) is 4.74 Å². The monoisotopic (exact) mass is 344 g/mol. The highest BCUT2D eigenvalue weighted by Gasteiger charge is 2.16.